The molecule has 7 heteroatoms. The molecule has 1 aromatic heterocycles. The highest BCUT2D eigenvalue weighted by molar-refractivity contribution is 4.99. The average molecular weight is 289 g/mol. The molecule has 3 heterocycles. The van der Waals surface area contributed by atoms with Gasteiger partial charge in [-0.2, -0.15) is 13.2 Å². The van der Waals surface area contributed by atoms with Gasteiger partial charge in [-0.3, -0.25) is 9.80 Å². The van der Waals surface area contributed by atoms with Crippen molar-refractivity contribution >= 4 is 0 Å². The van der Waals surface area contributed by atoms with Crippen molar-refractivity contribution in [2.75, 3.05) is 32.7 Å². The van der Waals surface area contributed by atoms with Gasteiger partial charge in [0.2, 0.25) is 0 Å². The monoisotopic (exact) mass is 289 g/mol. The number of fused-ring (bicyclic) bond motifs is 1. The summed E-state index contributed by atoms with van der Waals surface area (Å²) in [6.45, 7) is 4.57. The molecule has 2 atom stereocenters. The molecule has 0 aliphatic carbocycles. The van der Waals surface area contributed by atoms with Gasteiger partial charge in [0, 0.05) is 39.6 Å². The van der Waals surface area contributed by atoms with Crippen molar-refractivity contribution in [2.45, 2.75) is 19.6 Å². The van der Waals surface area contributed by atoms with Gasteiger partial charge in [-0.25, -0.2) is 4.98 Å². The Morgan fingerprint density at radius 2 is 1.80 bits per heavy atom. The van der Waals surface area contributed by atoms with Crippen molar-refractivity contribution in [3.63, 3.8) is 0 Å². The van der Waals surface area contributed by atoms with Gasteiger partial charge < -0.3 is 4.42 Å². The van der Waals surface area contributed by atoms with Crippen LogP contribution in [0.3, 0.4) is 0 Å². The first-order valence-corrected chi connectivity index (χ1v) is 6.81. The van der Waals surface area contributed by atoms with Crippen molar-refractivity contribution < 1.29 is 17.6 Å². The van der Waals surface area contributed by atoms with Crippen LogP contribution >= 0.6 is 0 Å². The van der Waals surface area contributed by atoms with Crippen LogP contribution in [0.25, 0.3) is 0 Å². The summed E-state index contributed by atoms with van der Waals surface area (Å²) in [6.07, 6.45) is -2.43. The molecule has 0 bridgehead atoms. The lowest BCUT2D eigenvalue weighted by atomic mass is 10.0. The van der Waals surface area contributed by atoms with E-state index in [1.807, 2.05) is 0 Å². The molecule has 2 aliphatic rings. The molecule has 0 aromatic carbocycles. The summed E-state index contributed by atoms with van der Waals surface area (Å²) >= 11 is 0. The standard InChI is InChI=1S/C13H18F3N3O/c1-9-17-12(7-20-9)6-18-2-10-4-19(5-11(10)3-18)8-13(14,15)16/h7,10-11H,2-6,8H2,1H3. The number of halogens is 3. The third-order valence-electron chi connectivity index (χ3n) is 4.09. The van der Waals surface area contributed by atoms with Crippen molar-refractivity contribution in [3.8, 4) is 0 Å². The minimum atomic E-state index is -4.09. The van der Waals surface area contributed by atoms with Crippen molar-refractivity contribution in [3.05, 3.63) is 17.8 Å². The normalized spacial score (nSPS) is 28.2. The molecule has 3 rings (SSSR count). The van der Waals surface area contributed by atoms with Crippen LogP contribution < -0.4 is 0 Å². The quantitative estimate of drug-likeness (QED) is 0.851. The van der Waals surface area contributed by atoms with E-state index in [1.54, 1.807) is 13.2 Å². The zero-order valence-corrected chi connectivity index (χ0v) is 11.4. The maximum atomic E-state index is 12.4. The van der Waals surface area contributed by atoms with E-state index in [9.17, 15) is 13.2 Å². The Bertz CT molecular complexity index is 460. The van der Waals surface area contributed by atoms with Crippen LogP contribution in [0, 0.1) is 18.8 Å². The second-order valence-electron chi connectivity index (χ2n) is 5.88. The first kappa shape index (κ1) is 13.9. The highest BCUT2D eigenvalue weighted by Crippen LogP contribution is 2.33. The topological polar surface area (TPSA) is 32.5 Å². The van der Waals surface area contributed by atoms with Crippen molar-refractivity contribution in [1.82, 2.24) is 14.8 Å². The zero-order valence-electron chi connectivity index (χ0n) is 11.4. The second-order valence-corrected chi connectivity index (χ2v) is 5.88. The summed E-state index contributed by atoms with van der Waals surface area (Å²) < 4.78 is 42.3. The summed E-state index contributed by atoms with van der Waals surface area (Å²) in [7, 11) is 0. The van der Waals surface area contributed by atoms with E-state index in [0.717, 1.165) is 25.3 Å². The van der Waals surface area contributed by atoms with Crippen LogP contribution in [-0.2, 0) is 6.54 Å². The lowest BCUT2D eigenvalue weighted by Crippen LogP contribution is -2.35. The third-order valence-corrected chi connectivity index (χ3v) is 4.09. The first-order valence-electron chi connectivity index (χ1n) is 6.81. The fraction of sp³-hybridized carbons (Fsp3) is 0.769. The van der Waals surface area contributed by atoms with Gasteiger partial charge in [-0.15, -0.1) is 0 Å². The molecule has 2 unspecified atom stereocenters. The van der Waals surface area contributed by atoms with Crippen LogP contribution in [0.4, 0.5) is 13.2 Å². The number of nitrogens with zero attached hydrogens (tertiary/aromatic N) is 3. The van der Waals surface area contributed by atoms with E-state index in [0.29, 0.717) is 30.8 Å². The Kier molecular flexibility index (Phi) is 3.50. The number of likely N-dealkylation sites (tertiary alicyclic amines) is 2. The number of hydrogen-bond donors (Lipinski definition) is 0. The van der Waals surface area contributed by atoms with E-state index < -0.39 is 12.7 Å². The number of hydrogen-bond acceptors (Lipinski definition) is 4. The molecule has 0 saturated carbocycles. The first-order chi connectivity index (χ1) is 9.39. The third kappa shape index (κ3) is 3.15. The molecule has 2 fully saturated rings. The van der Waals surface area contributed by atoms with Gasteiger partial charge in [0.15, 0.2) is 5.89 Å². The SMILES string of the molecule is Cc1nc(CN2CC3CN(CC(F)(F)F)CC3C2)co1. The molecule has 4 nitrogen and oxygen atoms in total. The van der Waals surface area contributed by atoms with Gasteiger partial charge in [0.1, 0.15) is 6.26 Å². The fourth-order valence-corrected chi connectivity index (χ4v) is 3.41. The summed E-state index contributed by atoms with van der Waals surface area (Å²) in [5, 5.41) is 0. The van der Waals surface area contributed by atoms with Crippen molar-refractivity contribution in [1.29, 1.82) is 0 Å². The Morgan fingerprint density at radius 3 is 2.30 bits per heavy atom. The van der Waals surface area contributed by atoms with Crippen LogP contribution in [0.5, 0.6) is 0 Å². The molecule has 0 amide bonds. The van der Waals surface area contributed by atoms with Gasteiger partial charge in [-0.05, 0) is 11.8 Å². The minimum Gasteiger partial charge on any atom is -0.449 e. The van der Waals surface area contributed by atoms with E-state index in [1.165, 1.54) is 4.90 Å². The molecule has 112 valence electrons. The Morgan fingerprint density at radius 1 is 1.20 bits per heavy atom. The van der Waals surface area contributed by atoms with Crippen molar-refractivity contribution in [2.24, 2.45) is 11.8 Å². The van der Waals surface area contributed by atoms with Crippen LogP contribution in [0.1, 0.15) is 11.6 Å². The van der Waals surface area contributed by atoms with E-state index in [-0.39, 0.29) is 0 Å². The van der Waals surface area contributed by atoms with Crippen LogP contribution in [0.2, 0.25) is 0 Å². The maximum absolute atomic E-state index is 12.4. The number of aromatic nitrogens is 1. The average Bonchev–Trinajstić information content (AvgIpc) is 2.92. The van der Waals surface area contributed by atoms with Gasteiger partial charge in [-0.1, -0.05) is 0 Å². The van der Waals surface area contributed by atoms with Gasteiger partial charge in [0.25, 0.3) is 0 Å². The lowest BCUT2D eigenvalue weighted by Gasteiger charge is -2.21. The number of rotatable bonds is 3. The molecule has 0 N–H and O–H groups in total. The molecular weight excluding hydrogens is 271 g/mol. The van der Waals surface area contributed by atoms with Crippen LogP contribution in [-0.4, -0.2) is 53.7 Å². The highest BCUT2D eigenvalue weighted by Gasteiger charge is 2.43. The zero-order chi connectivity index (χ0) is 14.3. The lowest BCUT2D eigenvalue weighted by molar-refractivity contribution is -0.144. The number of alkyl halides is 3. The number of oxazole rings is 1. The molecule has 20 heavy (non-hydrogen) atoms. The Hall–Kier alpha value is -1.08. The van der Waals surface area contributed by atoms with E-state index >= 15 is 0 Å². The molecule has 2 aliphatic heterocycles. The second kappa shape index (κ2) is 5.04. The fourth-order valence-electron chi connectivity index (χ4n) is 3.41. The Balaban J connectivity index is 1.51. The molecule has 0 radical (unpaired) electrons. The molecule has 2 saturated heterocycles. The molecule has 1 aromatic rings. The van der Waals surface area contributed by atoms with E-state index in [4.69, 9.17) is 4.42 Å². The summed E-state index contributed by atoms with van der Waals surface area (Å²) in [5.74, 6) is 1.35. The molecule has 0 spiro atoms. The highest BCUT2D eigenvalue weighted by atomic mass is 19.4. The smallest absolute Gasteiger partial charge is 0.401 e. The van der Waals surface area contributed by atoms with Crippen LogP contribution in [0.15, 0.2) is 10.7 Å². The summed E-state index contributed by atoms with van der Waals surface area (Å²) in [4.78, 5) is 8.06. The maximum Gasteiger partial charge on any atom is 0.401 e. The summed E-state index contributed by atoms with van der Waals surface area (Å²) in [6, 6.07) is 0. The van der Waals surface area contributed by atoms with Gasteiger partial charge >= 0.3 is 6.18 Å². The largest absolute Gasteiger partial charge is 0.449 e. The Labute approximate surface area is 115 Å². The van der Waals surface area contributed by atoms with Gasteiger partial charge in [0.05, 0.1) is 12.2 Å². The molecular formula is C13H18F3N3O. The van der Waals surface area contributed by atoms with E-state index in [2.05, 4.69) is 9.88 Å². The predicted octanol–water partition coefficient (Wildman–Crippen LogP) is 1.91. The minimum absolute atomic E-state index is 0.352. The number of aryl methyl sites for hydroxylation is 1. The predicted molar refractivity (Wildman–Crippen MR) is 66.0 cm³/mol. The summed E-state index contributed by atoms with van der Waals surface area (Å²) in [5.41, 5.74) is 0.898.